The van der Waals surface area contributed by atoms with Gasteiger partial charge in [0, 0.05) is 20.6 Å². The van der Waals surface area contributed by atoms with E-state index in [4.69, 9.17) is 0 Å². The summed E-state index contributed by atoms with van der Waals surface area (Å²) in [5.74, 6) is 0. The fraction of sp³-hybridized carbons (Fsp3) is 0. The Bertz CT molecular complexity index is 2090. The first-order valence-electron chi connectivity index (χ1n) is 13.4. The van der Waals surface area contributed by atoms with Crippen molar-refractivity contribution in [3.63, 3.8) is 0 Å². The zero-order valence-corrected chi connectivity index (χ0v) is 22.4. The molecule has 7 aromatic rings. The van der Waals surface area contributed by atoms with Gasteiger partial charge in [-0.15, -0.1) is 0 Å². The van der Waals surface area contributed by atoms with Crippen molar-refractivity contribution >= 4 is 33.4 Å². The van der Waals surface area contributed by atoms with E-state index in [0.29, 0.717) is 0 Å². The van der Waals surface area contributed by atoms with Crippen LogP contribution >= 0.6 is 11.8 Å². The van der Waals surface area contributed by atoms with Crippen molar-refractivity contribution in [2.45, 2.75) is 9.79 Å². The Kier molecular flexibility index (Phi) is 5.26. The van der Waals surface area contributed by atoms with Gasteiger partial charge in [-0.2, -0.15) is 0 Å². The molecular formula is C37H23NOS. The molecule has 0 saturated heterocycles. The Hall–Kier alpha value is -4.86. The van der Waals surface area contributed by atoms with Gasteiger partial charge < -0.3 is 0 Å². The van der Waals surface area contributed by atoms with Gasteiger partial charge in [0.15, 0.2) is 0 Å². The molecule has 0 amide bonds. The fourth-order valence-corrected chi connectivity index (χ4v) is 7.01. The average Bonchev–Trinajstić information content (AvgIpc) is 3.03. The second-order valence-corrected chi connectivity index (χ2v) is 11.2. The highest BCUT2D eigenvalue weighted by Gasteiger charge is 2.23. The molecule has 0 fully saturated rings. The Labute approximate surface area is 236 Å². The minimum absolute atomic E-state index is 0.0299. The van der Waals surface area contributed by atoms with E-state index in [1.54, 1.807) is 11.8 Å². The summed E-state index contributed by atoms with van der Waals surface area (Å²) in [6.45, 7) is 0. The second-order valence-electron chi connectivity index (χ2n) is 10.2. The molecule has 1 aliphatic heterocycles. The minimum atomic E-state index is 0.0299. The molecule has 0 atom stereocenters. The average molecular weight is 530 g/mol. The third-order valence-electron chi connectivity index (χ3n) is 7.76. The molecule has 3 heteroatoms. The monoisotopic (exact) mass is 529 g/mol. The number of pyridine rings is 1. The molecule has 0 N–H and O–H groups in total. The standard InChI is InChI=1S/C37H23NOS/c39-37-31-16-8-7-15-30(31)32-22-29(23-35-36(32)38(37)33-17-9-10-18-34(33)40-35)28-20-26(24-11-3-1-4-12-24)19-27(21-28)25-13-5-2-6-14-25/h1-23H. The van der Waals surface area contributed by atoms with E-state index < -0.39 is 0 Å². The summed E-state index contributed by atoms with van der Waals surface area (Å²) >= 11 is 1.74. The number of hydrogen-bond donors (Lipinski definition) is 0. The maximum absolute atomic E-state index is 13.8. The Morgan fingerprint density at radius 2 is 0.950 bits per heavy atom. The van der Waals surface area contributed by atoms with Crippen LogP contribution in [0.5, 0.6) is 0 Å². The molecule has 0 aliphatic carbocycles. The number of nitrogens with zero attached hydrogens (tertiary/aromatic N) is 1. The van der Waals surface area contributed by atoms with Crippen LogP contribution in [-0.2, 0) is 0 Å². The van der Waals surface area contributed by atoms with Crippen molar-refractivity contribution in [2.24, 2.45) is 0 Å². The predicted molar refractivity (Wildman–Crippen MR) is 167 cm³/mol. The maximum Gasteiger partial charge on any atom is 0.263 e. The predicted octanol–water partition coefficient (Wildman–Crippen LogP) is 9.61. The Morgan fingerprint density at radius 1 is 0.425 bits per heavy atom. The van der Waals surface area contributed by atoms with Crippen molar-refractivity contribution in [1.29, 1.82) is 0 Å². The van der Waals surface area contributed by atoms with Crippen LogP contribution in [0, 0.1) is 0 Å². The molecule has 0 unspecified atom stereocenters. The highest BCUT2D eigenvalue weighted by molar-refractivity contribution is 7.99. The van der Waals surface area contributed by atoms with E-state index in [9.17, 15) is 4.79 Å². The molecule has 40 heavy (non-hydrogen) atoms. The van der Waals surface area contributed by atoms with Crippen LogP contribution in [0.1, 0.15) is 0 Å². The number of benzene rings is 6. The Morgan fingerprint density at radius 3 is 1.62 bits per heavy atom. The number of para-hydroxylation sites is 1. The summed E-state index contributed by atoms with van der Waals surface area (Å²) < 4.78 is 1.92. The lowest BCUT2D eigenvalue weighted by Gasteiger charge is -2.24. The van der Waals surface area contributed by atoms with Crippen LogP contribution in [0.25, 0.3) is 60.7 Å². The molecule has 6 aromatic carbocycles. The van der Waals surface area contributed by atoms with Gasteiger partial charge in [0.1, 0.15) is 0 Å². The molecule has 2 nitrogen and oxygen atoms in total. The lowest BCUT2D eigenvalue weighted by atomic mass is 9.92. The number of hydrogen-bond acceptors (Lipinski definition) is 2. The lowest BCUT2D eigenvalue weighted by molar-refractivity contribution is 1.00. The molecule has 1 aliphatic rings. The summed E-state index contributed by atoms with van der Waals surface area (Å²) in [4.78, 5) is 16.0. The third-order valence-corrected chi connectivity index (χ3v) is 8.85. The normalized spacial score (nSPS) is 12.0. The summed E-state index contributed by atoms with van der Waals surface area (Å²) in [5.41, 5.74) is 8.99. The van der Waals surface area contributed by atoms with Crippen molar-refractivity contribution in [3.8, 4) is 39.1 Å². The van der Waals surface area contributed by atoms with Crippen LogP contribution in [0.2, 0.25) is 0 Å². The summed E-state index contributed by atoms with van der Waals surface area (Å²) in [6.07, 6.45) is 0. The minimum Gasteiger partial charge on any atom is -0.274 e. The first-order valence-corrected chi connectivity index (χ1v) is 14.2. The van der Waals surface area contributed by atoms with Gasteiger partial charge in [-0.25, -0.2) is 0 Å². The molecule has 0 bridgehead atoms. The third kappa shape index (κ3) is 3.63. The topological polar surface area (TPSA) is 22.0 Å². The number of aromatic nitrogens is 1. The van der Waals surface area contributed by atoms with Crippen molar-refractivity contribution in [1.82, 2.24) is 4.57 Å². The molecule has 2 heterocycles. The van der Waals surface area contributed by atoms with Crippen molar-refractivity contribution in [2.75, 3.05) is 0 Å². The van der Waals surface area contributed by atoms with Crippen molar-refractivity contribution < 1.29 is 0 Å². The lowest BCUT2D eigenvalue weighted by Crippen LogP contribution is -2.21. The van der Waals surface area contributed by atoms with Crippen LogP contribution < -0.4 is 5.56 Å². The summed E-state index contributed by atoms with van der Waals surface area (Å²) in [6, 6.07) is 48.7. The molecule has 0 saturated carbocycles. The van der Waals surface area contributed by atoms with Gasteiger partial charge in [-0.1, -0.05) is 103 Å². The number of rotatable bonds is 3. The first kappa shape index (κ1) is 23.1. The van der Waals surface area contributed by atoms with E-state index >= 15 is 0 Å². The van der Waals surface area contributed by atoms with Gasteiger partial charge in [0.05, 0.1) is 11.2 Å². The van der Waals surface area contributed by atoms with E-state index in [-0.39, 0.29) is 5.56 Å². The molecule has 1 aromatic heterocycles. The first-order chi connectivity index (χ1) is 19.7. The molecule has 188 valence electrons. The van der Waals surface area contributed by atoms with Gasteiger partial charge in [-0.3, -0.25) is 9.36 Å². The van der Waals surface area contributed by atoms with Crippen LogP contribution in [0.4, 0.5) is 0 Å². The van der Waals surface area contributed by atoms with Crippen LogP contribution in [0.3, 0.4) is 0 Å². The molecule has 0 spiro atoms. The zero-order valence-electron chi connectivity index (χ0n) is 21.5. The molecule has 8 rings (SSSR count). The zero-order chi connectivity index (χ0) is 26.6. The highest BCUT2D eigenvalue weighted by Crippen LogP contribution is 2.45. The maximum atomic E-state index is 13.8. The summed E-state index contributed by atoms with van der Waals surface area (Å²) in [5, 5.41) is 2.82. The number of fused-ring (bicyclic) bond motifs is 4. The van der Waals surface area contributed by atoms with E-state index in [1.807, 2.05) is 41.0 Å². The van der Waals surface area contributed by atoms with Crippen LogP contribution in [0.15, 0.2) is 154 Å². The Balaban J connectivity index is 1.45. The second kappa shape index (κ2) is 9.11. The van der Waals surface area contributed by atoms with Gasteiger partial charge in [0.25, 0.3) is 5.56 Å². The summed E-state index contributed by atoms with van der Waals surface area (Å²) in [7, 11) is 0. The van der Waals surface area contributed by atoms with Gasteiger partial charge in [-0.05, 0) is 87.3 Å². The van der Waals surface area contributed by atoms with Gasteiger partial charge >= 0.3 is 0 Å². The van der Waals surface area contributed by atoms with E-state index in [2.05, 4.69) is 103 Å². The van der Waals surface area contributed by atoms with Crippen LogP contribution in [-0.4, -0.2) is 4.57 Å². The molecule has 0 radical (unpaired) electrons. The highest BCUT2D eigenvalue weighted by atomic mass is 32.2. The SMILES string of the molecule is O=c1c2ccccc2c2cc(-c3cc(-c4ccccc4)cc(-c4ccccc4)c3)cc3c2n1-c1ccccc1S3. The van der Waals surface area contributed by atoms with Gasteiger partial charge in [0.2, 0.25) is 0 Å². The van der Waals surface area contributed by atoms with E-state index in [1.165, 1.54) is 22.3 Å². The van der Waals surface area contributed by atoms with Crippen molar-refractivity contribution in [3.05, 3.63) is 150 Å². The quantitative estimate of drug-likeness (QED) is 0.213. The largest absolute Gasteiger partial charge is 0.274 e. The molecular weight excluding hydrogens is 506 g/mol. The fourth-order valence-electron chi connectivity index (χ4n) is 5.88. The smallest absolute Gasteiger partial charge is 0.263 e. The van der Waals surface area contributed by atoms with E-state index in [0.717, 1.165) is 48.3 Å².